The van der Waals surface area contributed by atoms with Gasteiger partial charge in [-0.1, -0.05) is 0 Å². The number of ether oxygens (including phenoxy) is 1. The van der Waals surface area contributed by atoms with Gasteiger partial charge in [0, 0.05) is 24.8 Å². The molecule has 21 heavy (non-hydrogen) atoms. The van der Waals surface area contributed by atoms with Crippen LogP contribution in [-0.4, -0.2) is 23.7 Å². The second-order valence-electron chi connectivity index (χ2n) is 6.72. The van der Waals surface area contributed by atoms with E-state index in [-0.39, 0.29) is 5.60 Å². The summed E-state index contributed by atoms with van der Waals surface area (Å²) in [4.78, 5) is 4.60. The van der Waals surface area contributed by atoms with Crippen molar-refractivity contribution in [2.24, 2.45) is 0 Å². The molecule has 1 aromatic heterocycles. The number of methoxy groups -OCH3 is 1. The largest absolute Gasteiger partial charge is 0.440 e. The average Bonchev–Trinajstić information content (AvgIpc) is 3.18. The van der Waals surface area contributed by atoms with Gasteiger partial charge in [-0.05, 0) is 58.2 Å². The molecule has 0 amide bonds. The highest BCUT2D eigenvalue weighted by molar-refractivity contribution is 5.77. The lowest BCUT2D eigenvalue weighted by Crippen LogP contribution is -2.31. The lowest BCUT2D eigenvalue weighted by Gasteiger charge is -2.27. The molecule has 1 fully saturated rings. The van der Waals surface area contributed by atoms with E-state index in [1.807, 2.05) is 6.07 Å². The third kappa shape index (κ3) is 3.38. The van der Waals surface area contributed by atoms with Crippen molar-refractivity contribution in [2.75, 3.05) is 12.4 Å². The predicted molar refractivity (Wildman–Crippen MR) is 84.8 cm³/mol. The fourth-order valence-electron chi connectivity index (χ4n) is 2.70. The summed E-state index contributed by atoms with van der Waals surface area (Å²) in [5.41, 5.74) is 2.79. The SMILES string of the molecule is COC(C)(C)CC(C)Nc1ccc2oc(C3CC3)nc2c1. The minimum absolute atomic E-state index is 0.121. The lowest BCUT2D eigenvalue weighted by molar-refractivity contribution is 0.0128. The van der Waals surface area contributed by atoms with E-state index in [2.05, 4.69) is 43.2 Å². The Balaban J connectivity index is 1.71. The van der Waals surface area contributed by atoms with Gasteiger partial charge in [0.2, 0.25) is 0 Å². The van der Waals surface area contributed by atoms with Crippen LogP contribution in [0.3, 0.4) is 0 Å². The van der Waals surface area contributed by atoms with Crippen LogP contribution in [0.4, 0.5) is 5.69 Å². The number of hydrogen-bond donors (Lipinski definition) is 1. The van der Waals surface area contributed by atoms with Crippen LogP contribution >= 0.6 is 0 Å². The second-order valence-corrected chi connectivity index (χ2v) is 6.72. The highest BCUT2D eigenvalue weighted by Crippen LogP contribution is 2.40. The fourth-order valence-corrected chi connectivity index (χ4v) is 2.70. The summed E-state index contributed by atoms with van der Waals surface area (Å²) in [6.07, 6.45) is 3.36. The number of benzene rings is 1. The monoisotopic (exact) mass is 288 g/mol. The first kappa shape index (κ1) is 14.4. The van der Waals surface area contributed by atoms with Crippen LogP contribution in [0.1, 0.15) is 51.8 Å². The van der Waals surface area contributed by atoms with Gasteiger partial charge in [-0.25, -0.2) is 4.98 Å². The van der Waals surface area contributed by atoms with Crippen molar-refractivity contribution in [3.05, 3.63) is 24.1 Å². The third-order valence-electron chi connectivity index (χ3n) is 4.09. The topological polar surface area (TPSA) is 47.3 Å². The average molecular weight is 288 g/mol. The molecule has 1 aromatic carbocycles. The van der Waals surface area contributed by atoms with Gasteiger partial charge in [0.05, 0.1) is 5.60 Å². The maximum atomic E-state index is 5.79. The zero-order valence-electron chi connectivity index (χ0n) is 13.3. The van der Waals surface area contributed by atoms with Gasteiger partial charge in [0.15, 0.2) is 11.5 Å². The minimum Gasteiger partial charge on any atom is -0.440 e. The fraction of sp³-hybridized carbons (Fsp3) is 0.588. The standard InChI is InChI=1S/C17H24N2O2/c1-11(10-17(2,3)20-4)18-13-7-8-15-14(9-13)19-16(21-15)12-5-6-12/h7-9,11-12,18H,5-6,10H2,1-4H3. The molecule has 1 aliphatic rings. The van der Waals surface area contributed by atoms with Crippen molar-refractivity contribution in [2.45, 2.75) is 57.6 Å². The van der Waals surface area contributed by atoms with E-state index in [1.54, 1.807) is 7.11 Å². The number of oxazole rings is 1. The van der Waals surface area contributed by atoms with E-state index in [1.165, 1.54) is 12.8 Å². The van der Waals surface area contributed by atoms with E-state index >= 15 is 0 Å². The van der Waals surface area contributed by atoms with Crippen molar-refractivity contribution in [1.82, 2.24) is 4.98 Å². The Labute approximate surface area is 125 Å². The number of nitrogens with zero attached hydrogens (tertiary/aromatic N) is 1. The number of hydrogen-bond acceptors (Lipinski definition) is 4. The maximum absolute atomic E-state index is 5.79. The zero-order valence-corrected chi connectivity index (χ0v) is 13.3. The van der Waals surface area contributed by atoms with Crippen LogP contribution in [-0.2, 0) is 4.74 Å². The van der Waals surface area contributed by atoms with Crippen LogP contribution < -0.4 is 5.32 Å². The van der Waals surface area contributed by atoms with Gasteiger partial charge in [-0.3, -0.25) is 0 Å². The molecule has 0 radical (unpaired) electrons. The Bertz CT molecular complexity index is 629. The number of rotatable bonds is 6. The summed E-state index contributed by atoms with van der Waals surface area (Å²) >= 11 is 0. The molecule has 1 aliphatic carbocycles. The number of anilines is 1. The molecule has 1 N–H and O–H groups in total. The maximum Gasteiger partial charge on any atom is 0.198 e. The smallest absolute Gasteiger partial charge is 0.198 e. The molecule has 1 unspecified atom stereocenters. The first-order valence-electron chi connectivity index (χ1n) is 7.69. The van der Waals surface area contributed by atoms with Crippen LogP contribution in [0, 0.1) is 0 Å². The van der Waals surface area contributed by atoms with Crippen molar-refractivity contribution in [3.63, 3.8) is 0 Å². The normalized spacial score (nSPS) is 17.1. The molecule has 4 heteroatoms. The van der Waals surface area contributed by atoms with Gasteiger partial charge >= 0.3 is 0 Å². The van der Waals surface area contributed by atoms with Gasteiger partial charge in [0.25, 0.3) is 0 Å². The number of nitrogens with one attached hydrogen (secondary N) is 1. The van der Waals surface area contributed by atoms with Crippen LogP contribution in [0.5, 0.6) is 0 Å². The molecule has 0 bridgehead atoms. The first-order chi connectivity index (χ1) is 9.97. The van der Waals surface area contributed by atoms with Crippen molar-refractivity contribution >= 4 is 16.8 Å². The Hall–Kier alpha value is -1.55. The lowest BCUT2D eigenvalue weighted by atomic mass is 9.99. The second kappa shape index (κ2) is 5.34. The predicted octanol–water partition coefficient (Wildman–Crippen LogP) is 4.32. The molecule has 1 heterocycles. The molecule has 0 spiro atoms. The number of fused-ring (bicyclic) bond motifs is 1. The highest BCUT2D eigenvalue weighted by atomic mass is 16.5. The minimum atomic E-state index is -0.121. The quantitative estimate of drug-likeness (QED) is 0.860. The Kier molecular flexibility index (Phi) is 3.66. The van der Waals surface area contributed by atoms with Gasteiger partial charge in [-0.15, -0.1) is 0 Å². The molecule has 3 rings (SSSR count). The molecule has 0 saturated heterocycles. The molecular formula is C17H24N2O2. The van der Waals surface area contributed by atoms with E-state index < -0.39 is 0 Å². The molecule has 114 valence electrons. The molecule has 4 nitrogen and oxygen atoms in total. The van der Waals surface area contributed by atoms with E-state index in [0.29, 0.717) is 12.0 Å². The van der Waals surface area contributed by atoms with E-state index in [9.17, 15) is 0 Å². The van der Waals surface area contributed by atoms with Gasteiger partial charge < -0.3 is 14.5 Å². The summed E-state index contributed by atoms with van der Waals surface area (Å²) in [5.74, 6) is 1.45. The molecule has 1 atom stereocenters. The third-order valence-corrected chi connectivity index (χ3v) is 4.09. The number of aromatic nitrogens is 1. The summed E-state index contributed by atoms with van der Waals surface area (Å²) in [6.45, 7) is 6.38. The van der Waals surface area contributed by atoms with E-state index in [0.717, 1.165) is 29.1 Å². The van der Waals surface area contributed by atoms with Crippen LogP contribution in [0.25, 0.3) is 11.1 Å². The Morgan fingerprint density at radius 3 is 2.86 bits per heavy atom. The summed E-state index contributed by atoms with van der Waals surface area (Å²) < 4.78 is 11.3. The molecule has 1 saturated carbocycles. The van der Waals surface area contributed by atoms with Crippen molar-refractivity contribution in [1.29, 1.82) is 0 Å². The summed E-state index contributed by atoms with van der Waals surface area (Å²) in [6, 6.07) is 6.46. The van der Waals surface area contributed by atoms with Crippen molar-refractivity contribution in [3.8, 4) is 0 Å². The van der Waals surface area contributed by atoms with Crippen molar-refractivity contribution < 1.29 is 9.15 Å². The molecule has 0 aliphatic heterocycles. The first-order valence-corrected chi connectivity index (χ1v) is 7.69. The van der Waals surface area contributed by atoms with Crippen LogP contribution in [0.15, 0.2) is 22.6 Å². The Morgan fingerprint density at radius 2 is 2.19 bits per heavy atom. The van der Waals surface area contributed by atoms with Crippen LogP contribution in [0.2, 0.25) is 0 Å². The highest BCUT2D eigenvalue weighted by Gasteiger charge is 2.29. The Morgan fingerprint density at radius 1 is 1.43 bits per heavy atom. The molecule has 2 aromatic rings. The van der Waals surface area contributed by atoms with Gasteiger partial charge in [0.1, 0.15) is 5.52 Å². The van der Waals surface area contributed by atoms with E-state index in [4.69, 9.17) is 9.15 Å². The van der Waals surface area contributed by atoms with Gasteiger partial charge in [-0.2, -0.15) is 0 Å². The summed E-state index contributed by atoms with van der Waals surface area (Å²) in [7, 11) is 1.76. The molecular weight excluding hydrogens is 264 g/mol. The zero-order chi connectivity index (χ0) is 15.0. The summed E-state index contributed by atoms with van der Waals surface area (Å²) in [5, 5.41) is 3.52.